The van der Waals surface area contributed by atoms with E-state index in [1.54, 1.807) is 0 Å². The van der Waals surface area contributed by atoms with Crippen LogP contribution in [0.25, 0.3) is 0 Å². The summed E-state index contributed by atoms with van der Waals surface area (Å²) in [7, 11) is 0. The second kappa shape index (κ2) is 9.04. The third-order valence-electron chi connectivity index (χ3n) is 9.34. The first kappa shape index (κ1) is 24.2. The molecule has 0 aromatic heterocycles. The molecule has 180 valence electrons. The molecule has 0 heterocycles. The van der Waals surface area contributed by atoms with Gasteiger partial charge in [0.25, 0.3) is 0 Å². The maximum Gasteiger partial charge on any atom is 0.302 e. The van der Waals surface area contributed by atoms with Crippen LogP contribution in [0.3, 0.4) is 0 Å². The maximum atomic E-state index is 13.6. The predicted octanol–water partition coefficient (Wildman–Crippen LogP) is 6.99. The van der Waals surface area contributed by atoms with Gasteiger partial charge in [0.05, 0.1) is 0 Å². The van der Waals surface area contributed by atoms with Gasteiger partial charge in [0.15, 0.2) is 5.78 Å². The highest BCUT2D eigenvalue weighted by molar-refractivity contribution is 6.01. The fraction of sp³-hybridized carbons (Fsp3) is 0.667. The molecule has 0 unspecified atom stereocenters. The van der Waals surface area contributed by atoms with Gasteiger partial charge < -0.3 is 4.74 Å². The number of esters is 1. The highest BCUT2D eigenvalue weighted by atomic mass is 16.5. The van der Waals surface area contributed by atoms with Crippen molar-refractivity contribution in [3.63, 3.8) is 0 Å². The Labute approximate surface area is 200 Å². The summed E-state index contributed by atoms with van der Waals surface area (Å²) in [6.07, 6.45) is 10.3. The van der Waals surface area contributed by atoms with Gasteiger partial charge >= 0.3 is 5.97 Å². The molecule has 0 N–H and O–H groups in total. The molecule has 0 saturated heterocycles. The summed E-state index contributed by atoms with van der Waals surface area (Å²) in [4.78, 5) is 25.1. The van der Waals surface area contributed by atoms with Gasteiger partial charge in [-0.3, -0.25) is 9.59 Å². The third kappa shape index (κ3) is 4.33. The Morgan fingerprint density at radius 1 is 1.15 bits per heavy atom. The minimum atomic E-state index is -0.214. The summed E-state index contributed by atoms with van der Waals surface area (Å²) < 4.78 is 5.52. The molecule has 0 spiro atoms. The molecule has 3 nitrogen and oxygen atoms in total. The Morgan fingerprint density at radius 2 is 1.88 bits per heavy atom. The van der Waals surface area contributed by atoms with Crippen LogP contribution in [0.1, 0.15) is 106 Å². The van der Waals surface area contributed by atoms with E-state index >= 15 is 0 Å². The lowest BCUT2D eigenvalue weighted by atomic mass is 9.59. The molecule has 0 radical (unpaired) electrons. The van der Waals surface area contributed by atoms with Crippen molar-refractivity contribution >= 4 is 11.8 Å². The van der Waals surface area contributed by atoms with E-state index in [1.807, 2.05) is 0 Å². The van der Waals surface area contributed by atoms with Gasteiger partial charge in [0, 0.05) is 25.3 Å². The van der Waals surface area contributed by atoms with Crippen molar-refractivity contribution in [1.82, 2.24) is 0 Å². The van der Waals surface area contributed by atoms with Gasteiger partial charge in [-0.05, 0) is 89.9 Å². The molecule has 4 rings (SSSR count). The SMILES string of the molecule is CC(=O)O[C@H]1CCc2cc3c(c(C)c2C1)C(=O)C[C@]1(C)[C@@H]([C@H](C)/C=C/[C@H](C)C(C)C)CC[C@@H]31. The molecule has 3 aliphatic carbocycles. The molecule has 0 amide bonds. The lowest BCUT2D eigenvalue weighted by Crippen LogP contribution is -2.38. The Balaban J connectivity index is 1.65. The number of benzene rings is 1. The topological polar surface area (TPSA) is 43.4 Å². The van der Waals surface area contributed by atoms with Crippen molar-refractivity contribution in [3.05, 3.63) is 46.0 Å². The second-order valence-electron chi connectivity index (χ2n) is 11.8. The number of carbonyl (C=O) groups excluding carboxylic acids is 2. The van der Waals surface area contributed by atoms with Crippen LogP contribution in [0.15, 0.2) is 18.2 Å². The van der Waals surface area contributed by atoms with E-state index < -0.39 is 0 Å². The van der Waals surface area contributed by atoms with E-state index in [1.165, 1.54) is 36.5 Å². The van der Waals surface area contributed by atoms with Crippen molar-refractivity contribution in [1.29, 1.82) is 0 Å². The largest absolute Gasteiger partial charge is 0.462 e. The Hall–Kier alpha value is -1.90. The number of hydrogen-bond acceptors (Lipinski definition) is 3. The Morgan fingerprint density at radius 3 is 2.55 bits per heavy atom. The van der Waals surface area contributed by atoms with E-state index in [0.717, 1.165) is 30.4 Å². The molecule has 1 fully saturated rings. The zero-order chi connectivity index (χ0) is 24.1. The quantitative estimate of drug-likeness (QED) is 0.359. The zero-order valence-electron chi connectivity index (χ0n) is 21.7. The van der Waals surface area contributed by atoms with Crippen LogP contribution in [0.5, 0.6) is 0 Å². The van der Waals surface area contributed by atoms with Crippen molar-refractivity contribution in [2.75, 3.05) is 0 Å². The lowest BCUT2D eigenvalue weighted by Gasteiger charge is -2.44. The fourth-order valence-corrected chi connectivity index (χ4v) is 7.12. The van der Waals surface area contributed by atoms with E-state index in [0.29, 0.717) is 41.8 Å². The number of ether oxygens (including phenoxy) is 1. The number of ketones is 1. The molecular weight excluding hydrogens is 408 g/mol. The number of fused-ring (bicyclic) bond motifs is 4. The standard InChI is InChI=1S/C30H42O3/c1-17(2)18(3)8-9-19(4)26-12-13-27-25-14-22-10-11-23(33-21(6)31)15-24(22)20(5)29(25)28(32)16-30(26,27)7/h8-9,14,17-19,23,26-27H,10-13,15-16H2,1-7H3/b9-8+/t18-,19+,23-,26+,27-,30+/m0/s1. The Kier molecular flexibility index (Phi) is 6.64. The smallest absolute Gasteiger partial charge is 0.302 e. The van der Waals surface area contributed by atoms with Gasteiger partial charge in [0.2, 0.25) is 0 Å². The number of allylic oxidation sites excluding steroid dienone is 2. The summed E-state index contributed by atoms with van der Waals surface area (Å²) in [5.74, 6) is 2.82. The number of hydrogen-bond donors (Lipinski definition) is 0. The highest BCUT2D eigenvalue weighted by Crippen LogP contribution is 2.61. The molecular formula is C30H42O3. The van der Waals surface area contributed by atoms with Crippen LogP contribution in [0.2, 0.25) is 0 Å². The van der Waals surface area contributed by atoms with Crippen LogP contribution < -0.4 is 0 Å². The molecule has 3 aliphatic rings. The average molecular weight is 451 g/mol. The molecule has 0 bridgehead atoms. The number of rotatable bonds is 5. The molecule has 33 heavy (non-hydrogen) atoms. The average Bonchev–Trinajstić information content (AvgIpc) is 3.08. The molecule has 1 aromatic carbocycles. The molecule has 3 heteroatoms. The third-order valence-corrected chi connectivity index (χ3v) is 9.34. The molecule has 1 aromatic rings. The monoisotopic (exact) mass is 450 g/mol. The van der Waals surface area contributed by atoms with Crippen LogP contribution >= 0.6 is 0 Å². The number of carbonyl (C=O) groups is 2. The first-order valence-electron chi connectivity index (χ1n) is 13.1. The highest BCUT2D eigenvalue weighted by Gasteiger charge is 2.53. The van der Waals surface area contributed by atoms with Crippen LogP contribution in [-0.2, 0) is 22.4 Å². The van der Waals surface area contributed by atoms with Crippen molar-refractivity contribution in [2.45, 2.75) is 99.0 Å². The summed E-state index contributed by atoms with van der Waals surface area (Å²) >= 11 is 0. The van der Waals surface area contributed by atoms with Gasteiger partial charge in [-0.2, -0.15) is 0 Å². The normalized spacial score (nSPS) is 30.7. The van der Waals surface area contributed by atoms with E-state index in [4.69, 9.17) is 4.74 Å². The molecule has 0 aliphatic heterocycles. The van der Waals surface area contributed by atoms with Crippen LogP contribution in [0.4, 0.5) is 0 Å². The Bertz CT molecular complexity index is 971. The van der Waals surface area contributed by atoms with Crippen molar-refractivity contribution in [3.8, 4) is 0 Å². The van der Waals surface area contributed by atoms with Crippen LogP contribution in [0, 0.1) is 36.0 Å². The number of Topliss-reactive ketones (excluding diaryl/α,β-unsaturated/α-hetero) is 1. The molecule has 1 saturated carbocycles. The number of aryl methyl sites for hydroxylation is 1. The van der Waals surface area contributed by atoms with Gasteiger partial charge in [-0.25, -0.2) is 0 Å². The van der Waals surface area contributed by atoms with E-state index in [9.17, 15) is 9.59 Å². The van der Waals surface area contributed by atoms with Gasteiger partial charge in [0.1, 0.15) is 6.10 Å². The summed E-state index contributed by atoms with van der Waals surface area (Å²) in [6, 6.07) is 2.37. The van der Waals surface area contributed by atoms with Crippen LogP contribution in [-0.4, -0.2) is 17.9 Å². The second-order valence-corrected chi connectivity index (χ2v) is 11.8. The first-order chi connectivity index (χ1) is 15.5. The van der Waals surface area contributed by atoms with Crippen molar-refractivity contribution in [2.24, 2.45) is 29.1 Å². The maximum absolute atomic E-state index is 13.6. The van der Waals surface area contributed by atoms with E-state index in [2.05, 4.69) is 59.8 Å². The summed E-state index contributed by atoms with van der Waals surface area (Å²) in [5.41, 5.74) is 6.09. The summed E-state index contributed by atoms with van der Waals surface area (Å²) in [6.45, 7) is 15.2. The lowest BCUT2D eigenvalue weighted by molar-refractivity contribution is -0.146. The fourth-order valence-electron chi connectivity index (χ4n) is 7.12. The van der Waals surface area contributed by atoms with Crippen molar-refractivity contribution < 1.29 is 14.3 Å². The first-order valence-corrected chi connectivity index (χ1v) is 13.1. The predicted molar refractivity (Wildman–Crippen MR) is 134 cm³/mol. The summed E-state index contributed by atoms with van der Waals surface area (Å²) in [5, 5.41) is 0. The zero-order valence-corrected chi connectivity index (χ0v) is 21.7. The molecule has 6 atom stereocenters. The minimum Gasteiger partial charge on any atom is -0.462 e. The minimum absolute atomic E-state index is 0.0323. The van der Waals surface area contributed by atoms with Gasteiger partial charge in [-0.1, -0.05) is 52.8 Å². The van der Waals surface area contributed by atoms with E-state index in [-0.39, 0.29) is 17.5 Å². The van der Waals surface area contributed by atoms with Gasteiger partial charge in [-0.15, -0.1) is 0 Å².